The second-order valence-corrected chi connectivity index (χ2v) is 10.4. The summed E-state index contributed by atoms with van der Waals surface area (Å²) in [7, 11) is 0. The van der Waals surface area contributed by atoms with E-state index in [0.29, 0.717) is 22.0 Å². The third kappa shape index (κ3) is 8.33. The van der Waals surface area contributed by atoms with E-state index in [4.69, 9.17) is 11.6 Å². The van der Waals surface area contributed by atoms with E-state index >= 15 is 0 Å². The predicted molar refractivity (Wildman–Crippen MR) is 159 cm³/mol. The summed E-state index contributed by atoms with van der Waals surface area (Å²) < 4.78 is 0. The van der Waals surface area contributed by atoms with Gasteiger partial charge >= 0.3 is 0 Å². The molecule has 0 bridgehead atoms. The lowest BCUT2D eigenvalue weighted by Crippen LogP contribution is -2.30. The third-order valence-electron chi connectivity index (χ3n) is 5.51. The number of halogens is 1. The summed E-state index contributed by atoms with van der Waals surface area (Å²) in [5.41, 5.74) is 2.45. The molecule has 1 unspecified atom stereocenters. The van der Waals surface area contributed by atoms with Crippen molar-refractivity contribution in [2.75, 3.05) is 10.6 Å². The fourth-order valence-electron chi connectivity index (χ4n) is 3.57. The lowest BCUT2D eigenvalue weighted by atomic mass is 10.1. The minimum absolute atomic E-state index is 0.0994. The molecule has 4 aromatic carbocycles. The van der Waals surface area contributed by atoms with Crippen LogP contribution in [0, 0.1) is 0 Å². The van der Waals surface area contributed by atoms with E-state index in [1.165, 1.54) is 11.8 Å². The molecule has 4 rings (SSSR count). The topological polar surface area (TPSA) is 87.3 Å². The van der Waals surface area contributed by atoms with Gasteiger partial charge in [0.1, 0.15) is 5.70 Å². The Morgan fingerprint density at radius 1 is 0.769 bits per heavy atom. The molecule has 0 radical (unpaired) electrons. The van der Waals surface area contributed by atoms with Crippen LogP contribution in [0.25, 0.3) is 6.08 Å². The van der Waals surface area contributed by atoms with Gasteiger partial charge in [-0.25, -0.2) is 0 Å². The summed E-state index contributed by atoms with van der Waals surface area (Å²) in [6.07, 6.45) is 1.62. The Balaban J connectivity index is 1.46. The molecule has 0 aromatic heterocycles. The maximum atomic E-state index is 13.3. The largest absolute Gasteiger partial charge is 0.325 e. The van der Waals surface area contributed by atoms with E-state index in [9.17, 15) is 14.4 Å². The first-order valence-corrected chi connectivity index (χ1v) is 13.4. The van der Waals surface area contributed by atoms with Gasteiger partial charge in [0.2, 0.25) is 5.91 Å². The Bertz CT molecular complexity index is 1490. The molecule has 6 nitrogen and oxygen atoms in total. The molecule has 0 saturated carbocycles. The summed E-state index contributed by atoms with van der Waals surface area (Å²) in [6, 6.07) is 32.1. The molecule has 0 aliphatic heterocycles. The smallest absolute Gasteiger partial charge is 0.272 e. The molecule has 0 aliphatic carbocycles. The van der Waals surface area contributed by atoms with E-state index in [1.54, 1.807) is 79.7 Å². The molecule has 3 N–H and O–H groups in total. The van der Waals surface area contributed by atoms with Gasteiger partial charge in [0, 0.05) is 26.9 Å². The van der Waals surface area contributed by atoms with Gasteiger partial charge in [-0.05, 0) is 67.1 Å². The summed E-state index contributed by atoms with van der Waals surface area (Å²) in [6.45, 7) is 1.80. The zero-order valence-corrected chi connectivity index (χ0v) is 22.6. The zero-order valence-electron chi connectivity index (χ0n) is 21.1. The highest BCUT2D eigenvalue weighted by atomic mass is 35.5. The maximum Gasteiger partial charge on any atom is 0.272 e. The van der Waals surface area contributed by atoms with Crippen molar-refractivity contribution in [3.05, 3.63) is 131 Å². The van der Waals surface area contributed by atoms with Crippen molar-refractivity contribution in [2.24, 2.45) is 0 Å². The van der Waals surface area contributed by atoms with Crippen LogP contribution in [0.2, 0.25) is 5.02 Å². The van der Waals surface area contributed by atoms with Gasteiger partial charge in [-0.15, -0.1) is 11.8 Å². The molecule has 0 saturated heterocycles. The Kier molecular flexibility index (Phi) is 9.56. The van der Waals surface area contributed by atoms with Crippen LogP contribution in [-0.4, -0.2) is 23.0 Å². The molecule has 0 spiro atoms. The minimum Gasteiger partial charge on any atom is -0.325 e. The highest BCUT2D eigenvalue weighted by molar-refractivity contribution is 8.00. The summed E-state index contributed by atoms with van der Waals surface area (Å²) in [4.78, 5) is 39.6. The van der Waals surface area contributed by atoms with Crippen molar-refractivity contribution in [3.8, 4) is 0 Å². The van der Waals surface area contributed by atoms with E-state index in [-0.39, 0.29) is 11.6 Å². The summed E-state index contributed by atoms with van der Waals surface area (Å²) >= 11 is 7.36. The molecular formula is C31H26ClN3O3S. The van der Waals surface area contributed by atoms with E-state index in [1.807, 2.05) is 42.5 Å². The Morgan fingerprint density at radius 3 is 2.10 bits per heavy atom. The summed E-state index contributed by atoms with van der Waals surface area (Å²) in [5.74, 6) is -1.04. The Labute approximate surface area is 236 Å². The van der Waals surface area contributed by atoms with Gasteiger partial charge in [-0.3, -0.25) is 14.4 Å². The van der Waals surface area contributed by atoms with Crippen molar-refractivity contribution >= 4 is 58.5 Å². The number of carbonyl (C=O) groups is 3. The van der Waals surface area contributed by atoms with Crippen LogP contribution in [0.4, 0.5) is 11.4 Å². The molecule has 0 heterocycles. The molecule has 0 fully saturated rings. The molecular weight excluding hydrogens is 530 g/mol. The molecule has 1 atom stereocenters. The monoisotopic (exact) mass is 555 g/mol. The van der Waals surface area contributed by atoms with Gasteiger partial charge in [-0.1, -0.05) is 72.3 Å². The molecule has 0 aliphatic rings. The second kappa shape index (κ2) is 13.5. The fraction of sp³-hybridized carbons (Fsp3) is 0.0645. The number of carbonyl (C=O) groups excluding carboxylic acids is 3. The Hall–Kier alpha value is -4.33. The second-order valence-electron chi connectivity index (χ2n) is 8.53. The lowest BCUT2D eigenvalue weighted by molar-refractivity contribution is -0.115. The van der Waals surface area contributed by atoms with Crippen molar-refractivity contribution in [2.45, 2.75) is 17.1 Å². The van der Waals surface area contributed by atoms with E-state index in [2.05, 4.69) is 16.0 Å². The van der Waals surface area contributed by atoms with Crippen LogP contribution in [-0.2, 0) is 9.59 Å². The number of benzene rings is 4. The highest BCUT2D eigenvalue weighted by Gasteiger charge is 2.17. The average Bonchev–Trinajstić information content (AvgIpc) is 2.94. The number of nitrogens with one attached hydrogen (secondary N) is 3. The lowest BCUT2D eigenvalue weighted by Gasteiger charge is -2.14. The van der Waals surface area contributed by atoms with Crippen LogP contribution in [0.3, 0.4) is 0 Å². The first kappa shape index (κ1) is 27.7. The van der Waals surface area contributed by atoms with Gasteiger partial charge in [0.15, 0.2) is 0 Å². The molecule has 8 heteroatoms. The molecule has 39 heavy (non-hydrogen) atoms. The number of rotatable bonds is 9. The normalized spacial score (nSPS) is 11.8. The third-order valence-corrected chi connectivity index (χ3v) is 6.83. The Morgan fingerprint density at radius 2 is 1.41 bits per heavy atom. The average molecular weight is 556 g/mol. The van der Waals surface area contributed by atoms with Gasteiger partial charge in [-0.2, -0.15) is 0 Å². The molecule has 3 amide bonds. The van der Waals surface area contributed by atoms with Gasteiger partial charge in [0.25, 0.3) is 11.8 Å². The first-order chi connectivity index (χ1) is 18.9. The standard InChI is InChI=1S/C31H26ClN3O3S/c1-21(29(36)33-25-15-8-14-24(32)19-25)39-27-17-9-16-26(20-27)34-31(38)28(18-22-10-4-2-5-11-22)35-30(37)23-12-6-3-7-13-23/h2-21H,1H3,(H,33,36)(H,34,38)(H,35,37)/b28-18-. The van der Waals surface area contributed by atoms with E-state index < -0.39 is 17.1 Å². The van der Waals surface area contributed by atoms with Crippen LogP contribution < -0.4 is 16.0 Å². The van der Waals surface area contributed by atoms with Crippen LogP contribution in [0.15, 0.2) is 120 Å². The van der Waals surface area contributed by atoms with Crippen LogP contribution in [0.1, 0.15) is 22.8 Å². The molecule has 196 valence electrons. The predicted octanol–water partition coefficient (Wildman–Crippen LogP) is 6.87. The minimum atomic E-state index is -0.475. The van der Waals surface area contributed by atoms with Crippen LogP contribution >= 0.6 is 23.4 Å². The first-order valence-electron chi connectivity index (χ1n) is 12.1. The molecule has 4 aromatic rings. The number of anilines is 2. The van der Waals surface area contributed by atoms with Crippen molar-refractivity contribution in [1.82, 2.24) is 5.32 Å². The SMILES string of the molecule is CC(Sc1cccc(NC(=O)/C(=C/c2ccccc2)NC(=O)c2ccccc2)c1)C(=O)Nc1cccc(Cl)c1. The van der Waals surface area contributed by atoms with Crippen molar-refractivity contribution < 1.29 is 14.4 Å². The van der Waals surface area contributed by atoms with Crippen LogP contribution in [0.5, 0.6) is 0 Å². The number of amides is 3. The van der Waals surface area contributed by atoms with Gasteiger partial charge < -0.3 is 16.0 Å². The zero-order chi connectivity index (χ0) is 27.6. The quantitative estimate of drug-likeness (QED) is 0.155. The van der Waals surface area contributed by atoms with E-state index in [0.717, 1.165) is 10.5 Å². The highest BCUT2D eigenvalue weighted by Crippen LogP contribution is 2.27. The van der Waals surface area contributed by atoms with Crippen molar-refractivity contribution in [1.29, 1.82) is 0 Å². The number of hydrogen-bond donors (Lipinski definition) is 3. The number of thioether (sulfide) groups is 1. The maximum absolute atomic E-state index is 13.3. The van der Waals surface area contributed by atoms with Gasteiger partial charge in [0.05, 0.1) is 5.25 Å². The fourth-order valence-corrected chi connectivity index (χ4v) is 4.69. The van der Waals surface area contributed by atoms with Crippen molar-refractivity contribution in [3.63, 3.8) is 0 Å². The summed E-state index contributed by atoms with van der Waals surface area (Å²) in [5, 5.41) is 8.58. The number of hydrogen-bond acceptors (Lipinski definition) is 4.